The normalized spacial score (nSPS) is 25.8. The summed E-state index contributed by atoms with van der Waals surface area (Å²) in [6.07, 6.45) is 8.06. The maximum absolute atomic E-state index is 5.91. The van der Waals surface area contributed by atoms with Crippen molar-refractivity contribution in [2.75, 3.05) is 26.2 Å². The number of nitrogens with two attached hydrogens (primary N) is 1. The topological polar surface area (TPSA) is 38.5 Å². The number of rotatable bonds is 6. The molecule has 3 rings (SSSR count). The molecule has 21 heavy (non-hydrogen) atoms. The maximum Gasteiger partial charge on any atom is 0.119 e. The first-order chi connectivity index (χ1) is 10.4. The predicted octanol–water partition coefficient (Wildman–Crippen LogP) is 2.83. The van der Waals surface area contributed by atoms with Crippen LogP contribution in [0.4, 0.5) is 0 Å². The van der Waals surface area contributed by atoms with Gasteiger partial charge in [-0.1, -0.05) is 25.0 Å². The fourth-order valence-corrected chi connectivity index (χ4v) is 3.98. The molecule has 2 unspecified atom stereocenters. The molecule has 2 N–H and O–H groups in total. The van der Waals surface area contributed by atoms with Crippen LogP contribution in [-0.4, -0.2) is 37.2 Å². The van der Waals surface area contributed by atoms with Crippen molar-refractivity contribution >= 4 is 0 Å². The Kier molecular flexibility index (Phi) is 5.15. The quantitative estimate of drug-likeness (QED) is 0.875. The van der Waals surface area contributed by atoms with Crippen LogP contribution in [0.5, 0.6) is 5.75 Å². The second-order valence-electron chi connectivity index (χ2n) is 6.47. The van der Waals surface area contributed by atoms with E-state index in [0.717, 1.165) is 37.3 Å². The lowest BCUT2D eigenvalue weighted by molar-refractivity contribution is 0.154. The monoisotopic (exact) mass is 288 g/mol. The van der Waals surface area contributed by atoms with Crippen molar-refractivity contribution in [3.05, 3.63) is 29.8 Å². The minimum atomic E-state index is 0.706. The van der Waals surface area contributed by atoms with Crippen LogP contribution >= 0.6 is 0 Å². The molecule has 1 aromatic rings. The number of fused-ring (bicyclic) bond motifs is 1. The van der Waals surface area contributed by atoms with Crippen LogP contribution < -0.4 is 10.5 Å². The summed E-state index contributed by atoms with van der Waals surface area (Å²) in [5.74, 6) is 1.95. The zero-order valence-electron chi connectivity index (χ0n) is 13.0. The molecular formula is C18H28N2O. The summed E-state index contributed by atoms with van der Waals surface area (Å²) in [5, 5.41) is 0. The Morgan fingerprint density at radius 2 is 1.90 bits per heavy atom. The van der Waals surface area contributed by atoms with Crippen molar-refractivity contribution in [1.29, 1.82) is 0 Å². The highest BCUT2D eigenvalue weighted by Gasteiger charge is 2.35. The Balaban J connectivity index is 1.43. The fraction of sp³-hybridized carbons (Fsp3) is 0.667. The number of nitrogens with zero attached hydrogens (tertiary/aromatic N) is 1. The van der Waals surface area contributed by atoms with Crippen LogP contribution in [-0.2, 0) is 6.42 Å². The van der Waals surface area contributed by atoms with Crippen LogP contribution in [0.25, 0.3) is 0 Å². The van der Waals surface area contributed by atoms with Gasteiger partial charge >= 0.3 is 0 Å². The minimum absolute atomic E-state index is 0.706. The van der Waals surface area contributed by atoms with Gasteiger partial charge in [-0.2, -0.15) is 0 Å². The summed E-state index contributed by atoms with van der Waals surface area (Å²) < 4.78 is 5.91. The SMILES string of the molecule is NCCc1ccc(OCCN2CCC3CCCCC32)cc1. The third-order valence-corrected chi connectivity index (χ3v) is 5.13. The molecule has 0 amide bonds. The molecule has 3 nitrogen and oxygen atoms in total. The van der Waals surface area contributed by atoms with E-state index >= 15 is 0 Å². The molecule has 1 aliphatic heterocycles. The zero-order chi connectivity index (χ0) is 14.5. The highest BCUT2D eigenvalue weighted by Crippen LogP contribution is 2.35. The van der Waals surface area contributed by atoms with Gasteiger partial charge in [-0.15, -0.1) is 0 Å². The predicted molar refractivity (Wildman–Crippen MR) is 86.6 cm³/mol. The molecule has 2 aliphatic rings. The van der Waals surface area contributed by atoms with Crippen LogP contribution in [0.1, 0.15) is 37.7 Å². The largest absolute Gasteiger partial charge is 0.492 e. The summed E-state index contributed by atoms with van der Waals surface area (Å²) in [5.41, 5.74) is 6.85. The molecule has 2 fully saturated rings. The number of hydrogen-bond acceptors (Lipinski definition) is 3. The van der Waals surface area contributed by atoms with E-state index < -0.39 is 0 Å². The van der Waals surface area contributed by atoms with Gasteiger partial charge in [-0.3, -0.25) is 4.90 Å². The molecule has 1 heterocycles. The third kappa shape index (κ3) is 3.78. The molecule has 1 aliphatic carbocycles. The van der Waals surface area contributed by atoms with Gasteiger partial charge in [-0.25, -0.2) is 0 Å². The van der Waals surface area contributed by atoms with Crippen molar-refractivity contribution in [3.8, 4) is 5.75 Å². The first-order valence-electron chi connectivity index (χ1n) is 8.52. The first-order valence-corrected chi connectivity index (χ1v) is 8.52. The van der Waals surface area contributed by atoms with E-state index in [2.05, 4.69) is 29.2 Å². The highest BCUT2D eigenvalue weighted by molar-refractivity contribution is 5.27. The van der Waals surface area contributed by atoms with E-state index in [1.807, 2.05) is 0 Å². The van der Waals surface area contributed by atoms with E-state index in [1.54, 1.807) is 0 Å². The van der Waals surface area contributed by atoms with Gasteiger partial charge in [0.25, 0.3) is 0 Å². The van der Waals surface area contributed by atoms with E-state index in [-0.39, 0.29) is 0 Å². The van der Waals surface area contributed by atoms with Crippen molar-refractivity contribution in [3.63, 3.8) is 0 Å². The Morgan fingerprint density at radius 1 is 1.10 bits per heavy atom. The molecule has 0 spiro atoms. The second-order valence-corrected chi connectivity index (χ2v) is 6.47. The maximum atomic E-state index is 5.91. The van der Waals surface area contributed by atoms with Gasteiger partial charge < -0.3 is 10.5 Å². The summed E-state index contributed by atoms with van der Waals surface area (Å²) in [4.78, 5) is 2.66. The average molecular weight is 288 g/mol. The Morgan fingerprint density at radius 3 is 2.71 bits per heavy atom. The second kappa shape index (κ2) is 7.28. The smallest absolute Gasteiger partial charge is 0.119 e. The van der Waals surface area contributed by atoms with Gasteiger partial charge in [-0.05, 0) is 62.4 Å². The van der Waals surface area contributed by atoms with E-state index in [9.17, 15) is 0 Å². The molecule has 1 aromatic carbocycles. The molecule has 2 atom stereocenters. The van der Waals surface area contributed by atoms with Crippen LogP contribution in [0.2, 0.25) is 0 Å². The molecule has 0 bridgehead atoms. The number of hydrogen-bond donors (Lipinski definition) is 1. The molecule has 0 radical (unpaired) electrons. The molecular weight excluding hydrogens is 260 g/mol. The van der Waals surface area contributed by atoms with Crippen molar-refractivity contribution < 1.29 is 4.74 Å². The van der Waals surface area contributed by atoms with Gasteiger partial charge in [0.15, 0.2) is 0 Å². The van der Waals surface area contributed by atoms with Gasteiger partial charge in [0.2, 0.25) is 0 Å². The Labute approximate surface area is 128 Å². The highest BCUT2D eigenvalue weighted by atomic mass is 16.5. The fourth-order valence-electron chi connectivity index (χ4n) is 3.98. The summed E-state index contributed by atoms with van der Waals surface area (Å²) in [6, 6.07) is 9.22. The lowest BCUT2D eigenvalue weighted by Gasteiger charge is -2.31. The summed E-state index contributed by atoms with van der Waals surface area (Å²) in [6.45, 7) is 3.86. The van der Waals surface area contributed by atoms with E-state index in [4.69, 9.17) is 10.5 Å². The molecule has 1 saturated heterocycles. The standard InChI is InChI=1S/C18H28N2O/c19-11-9-15-5-7-17(8-6-15)21-14-13-20-12-10-16-3-1-2-4-18(16)20/h5-8,16,18H,1-4,9-14,19H2. The number of ether oxygens (including phenoxy) is 1. The van der Waals surface area contributed by atoms with Crippen molar-refractivity contribution in [2.24, 2.45) is 11.7 Å². The Hall–Kier alpha value is -1.06. The van der Waals surface area contributed by atoms with Crippen LogP contribution in [0, 0.1) is 5.92 Å². The summed E-state index contributed by atoms with van der Waals surface area (Å²) in [7, 11) is 0. The Bertz CT molecular complexity index is 431. The van der Waals surface area contributed by atoms with Crippen LogP contribution in [0.15, 0.2) is 24.3 Å². The van der Waals surface area contributed by atoms with Gasteiger partial charge in [0.05, 0.1) is 0 Å². The lowest BCUT2D eigenvalue weighted by Crippen LogP contribution is -2.37. The average Bonchev–Trinajstić information content (AvgIpc) is 2.93. The number of benzene rings is 1. The first kappa shape index (κ1) is 14.9. The minimum Gasteiger partial charge on any atom is -0.492 e. The lowest BCUT2D eigenvalue weighted by atomic mass is 9.85. The zero-order valence-corrected chi connectivity index (χ0v) is 13.0. The molecule has 116 valence electrons. The van der Waals surface area contributed by atoms with Crippen molar-refractivity contribution in [1.82, 2.24) is 4.90 Å². The van der Waals surface area contributed by atoms with Crippen LogP contribution in [0.3, 0.4) is 0 Å². The van der Waals surface area contributed by atoms with Gasteiger partial charge in [0.1, 0.15) is 12.4 Å². The van der Waals surface area contributed by atoms with Crippen molar-refractivity contribution in [2.45, 2.75) is 44.6 Å². The molecule has 0 aromatic heterocycles. The summed E-state index contributed by atoms with van der Waals surface area (Å²) >= 11 is 0. The van der Waals surface area contributed by atoms with Gasteiger partial charge in [0, 0.05) is 12.6 Å². The van der Waals surface area contributed by atoms with E-state index in [0.29, 0.717) is 6.54 Å². The third-order valence-electron chi connectivity index (χ3n) is 5.13. The number of likely N-dealkylation sites (tertiary alicyclic amines) is 1. The van der Waals surface area contributed by atoms with E-state index in [1.165, 1.54) is 44.2 Å². The molecule has 3 heteroatoms. The molecule has 1 saturated carbocycles.